The Kier molecular flexibility index (Phi) is 4.04. The summed E-state index contributed by atoms with van der Waals surface area (Å²) in [4.78, 5) is 25.5. The zero-order chi connectivity index (χ0) is 15.6. The molecule has 21 heavy (non-hydrogen) atoms. The Bertz CT molecular complexity index is 591. The first kappa shape index (κ1) is 15.1. The van der Waals surface area contributed by atoms with Crippen molar-refractivity contribution in [2.24, 2.45) is 11.3 Å². The molecule has 110 valence electrons. The lowest BCUT2D eigenvalue weighted by atomic mass is 9.95. The molecule has 4 heteroatoms. The number of amides is 2. The molecular weight excluding hydrogens is 264 g/mol. The number of terminal acetylenes is 1. The van der Waals surface area contributed by atoms with Crippen molar-refractivity contribution in [1.29, 1.82) is 0 Å². The highest BCUT2D eigenvalue weighted by molar-refractivity contribution is 5.97. The lowest BCUT2D eigenvalue weighted by Crippen LogP contribution is -2.27. The average Bonchev–Trinajstić information content (AvgIpc) is 2.80. The van der Waals surface area contributed by atoms with Crippen molar-refractivity contribution in [2.75, 3.05) is 16.8 Å². The molecule has 2 amide bonds. The maximum atomic E-state index is 11.9. The predicted molar refractivity (Wildman–Crippen MR) is 83.8 cm³/mol. The monoisotopic (exact) mass is 284 g/mol. The van der Waals surface area contributed by atoms with Gasteiger partial charge < -0.3 is 10.2 Å². The van der Waals surface area contributed by atoms with E-state index < -0.39 is 5.41 Å². The van der Waals surface area contributed by atoms with Crippen LogP contribution in [0.5, 0.6) is 0 Å². The number of hydrogen-bond donors (Lipinski definition) is 1. The Labute approximate surface area is 125 Å². The van der Waals surface area contributed by atoms with Gasteiger partial charge in [-0.05, 0) is 24.3 Å². The van der Waals surface area contributed by atoms with E-state index in [2.05, 4.69) is 11.2 Å². The molecule has 4 nitrogen and oxygen atoms in total. The highest BCUT2D eigenvalue weighted by Crippen LogP contribution is 2.26. The summed E-state index contributed by atoms with van der Waals surface area (Å²) < 4.78 is 0. The zero-order valence-corrected chi connectivity index (χ0v) is 12.6. The van der Waals surface area contributed by atoms with E-state index in [1.165, 1.54) is 0 Å². The molecule has 1 aliphatic heterocycles. The number of carbonyl (C=O) groups is 2. The average molecular weight is 284 g/mol. The fourth-order valence-corrected chi connectivity index (χ4v) is 2.11. The summed E-state index contributed by atoms with van der Waals surface area (Å²) in [6.45, 7) is 6.14. The maximum absolute atomic E-state index is 11.9. The van der Waals surface area contributed by atoms with E-state index in [9.17, 15) is 9.59 Å². The third-order valence-electron chi connectivity index (χ3n) is 3.48. The molecule has 0 bridgehead atoms. The van der Waals surface area contributed by atoms with Gasteiger partial charge in [-0.1, -0.05) is 20.8 Å². The van der Waals surface area contributed by atoms with Gasteiger partial charge in [0.05, 0.1) is 0 Å². The molecule has 0 saturated carbocycles. The van der Waals surface area contributed by atoms with E-state index >= 15 is 0 Å². The first-order valence-corrected chi connectivity index (χ1v) is 6.99. The van der Waals surface area contributed by atoms with Gasteiger partial charge in [-0.25, -0.2) is 0 Å². The van der Waals surface area contributed by atoms with E-state index in [-0.39, 0.29) is 17.7 Å². The second-order valence-electron chi connectivity index (χ2n) is 6.32. The number of nitrogens with one attached hydrogen (secondary N) is 1. The fourth-order valence-electron chi connectivity index (χ4n) is 2.11. The first-order chi connectivity index (χ1) is 9.81. The predicted octanol–water partition coefficient (Wildman–Crippen LogP) is 2.66. The molecule has 1 heterocycles. The molecule has 0 radical (unpaired) electrons. The van der Waals surface area contributed by atoms with Crippen LogP contribution in [0, 0.1) is 23.7 Å². The smallest absolute Gasteiger partial charge is 0.229 e. The lowest BCUT2D eigenvalue weighted by Gasteiger charge is -2.19. The molecule has 1 saturated heterocycles. The number of benzene rings is 1. The Morgan fingerprint density at radius 2 is 1.95 bits per heavy atom. The lowest BCUT2D eigenvalue weighted by molar-refractivity contribution is -0.123. The molecule has 1 N–H and O–H groups in total. The molecule has 0 aliphatic carbocycles. The van der Waals surface area contributed by atoms with Gasteiger partial charge in [-0.15, -0.1) is 12.3 Å². The van der Waals surface area contributed by atoms with Gasteiger partial charge in [0.2, 0.25) is 11.8 Å². The zero-order valence-electron chi connectivity index (χ0n) is 12.6. The Hall–Kier alpha value is -2.28. The van der Waals surface area contributed by atoms with Crippen molar-refractivity contribution in [3.8, 4) is 12.3 Å². The summed E-state index contributed by atoms with van der Waals surface area (Å²) >= 11 is 0. The van der Waals surface area contributed by atoms with Crippen LogP contribution in [0.4, 0.5) is 11.4 Å². The fraction of sp³-hybridized carbons (Fsp3) is 0.412. The van der Waals surface area contributed by atoms with Gasteiger partial charge in [-0.2, -0.15) is 0 Å². The first-order valence-electron chi connectivity index (χ1n) is 6.99. The minimum atomic E-state index is -0.441. The van der Waals surface area contributed by atoms with Crippen LogP contribution < -0.4 is 10.2 Å². The van der Waals surface area contributed by atoms with Crippen LogP contribution >= 0.6 is 0 Å². The molecule has 1 aromatic carbocycles. The molecule has 0 aromatic heterocycles. The van der Waals surface area contributed by atoms with E-state index in [1.807, 2.05) is 32.9 Å². The van der Waals surface area contributed by atoms with Gasteiger partial charge in [-0.3, -0.25) is 9.59 Å². The van der Waals surface area contributed by atoms with Crippen molar-refractivity contribution < 1.29 is 9.59 Å². The molecule has 2 rings (SSSR count). The standard InChI is InChI=1S/C17H20N2O2/c1-5-12-10-15(20)19(11-12)14-8-6-13(7-9-14)18-16(21)17(2,3)4/h1,6-9,12H,10-11H2,2-4H3,(H,18,21). The molecule has 1 aliphatic rings. The maximum Gasteiger partial charge on any atom is 0.229 e. The third-order valence-corrected chi connectivity index (χ3v) is 3.48. The summed E-state index contributed by atoms with van der Waals surface area (Å²) in [6.07, 6.45) is 5.78. The Balaban J connectivity index is 2.08. The van der Waals surface area contributed by atoms with Crippen molar-refractivity contribution in [3.05, 3.63) is 24.3 Å². The largest absolute Gasteiger partial charge is 0.326 e. The van der Waals surface area contributed by atoms with Crippen molar-refractivity contribution >= 4 is 23.2 Å². The Morgan fingerprint density at radius 3 is 2.43 bits per heavy atom. The van der Waals surface area contributed by atoms with E-state index in [0.717, 1.165) is 11.4 Å². The number of carbonyl (C=O) groups excluding carboxylic acids is 2. The van der Waals surface area contributed by atoms with Crippen LogP contribution in [-0.2, 0) is 9.59 Å². The highest BCUT2D eigenvalue weighted by Gasteiger charge is 2.29. The topological polar surface area (TPSA) is 49.4 Å². The quantitative estimate of drug-likeness (QED) is 0.849. The molecule has 1 aromatic rings. The van der Waals surface area contributed by atoms with E-state index in [4.69, 9.17) is 6.42 Å². The van der Waals surface area contributed by atoms with Gasteiger partial charge in [0, 0.05) is 35.7 Å². The number of nitrogens with zero attached hydrogens (tertiary/aromatic N) is 1. The van der Waals surface area contributed by atoms with Crippen LogP contribution in [0.3, 0.4) is 0 Å². The second-order valence-corrected chi connectivity index (χ2v) is 6.32. The number of rotatable bonds is 2. The molecular formula is C17H20N2O2. The summed E-state index contributed by atoms with van der Waals surface area (Å²) in [6, 6.07) is 7.26. The molecule has 1 fully saturated rings. The van der Waals surface area contributed by atoms with Crippen LogP contribution in [0.2, 0.25) is 0 Å². The van der Waals surface area contributed by atoms with Gasteiger partial charge in [0.15, 0.2) is 0 Å². The van der Waals surface area contributed by atoms with E-state index in [0.29, 0.717) is 13.0 Å². The number of anilines is 2. The van der Waals surface area contributed by atoms with Crippen molar-refractivity contribution in [1.82, 2.24) is 0 Å². The van der Waals surface area contributed by atoms with Crippen molar-refractivity contribution in [2.45, 2.75) is 27.2 Å². The Morgan fingerprint density at radius 1 is 1.33 bits per heavy atom. The molecule has 1 unspecified atom stereocenters. The van der Waals surface area contributed by atoms with Crippen LogP contribution in [0.1, 0.15) is 27.2 Å². The van der Waals surface area contributed by atoms with Crippen LogP contribution in [0.15, 0.2) is 24.3 Å². The SMILES string of the molecule is C#CC1CC(=O)N(c2ccc(NC(=O)C(C)(C)C)cc2)C1. The highest BCUT2D eigenvalue weighted by atomic mass is 16.2. The minimum absolute atomic E-state index is 0.0160. The molecule has 1 atom stereocenters. The van der Waals surface area contributed by atoms with Gasteiger partial charge in [0.1, 0.15) is 0 Å². The van der Waals surface area contributed by atoms with Crippen molar-refractivity contribution in [3.63, 3.8) is 0 Å². The number of hydrogen-bond acceptors (Lipinski definition) is 2. The van der Waals surface area contributed by atoms with E-state index in [1.54, 1.807) is 17.0 Å². The summed E-state index contributed by atoms with van der Waals surface area (Å²) in [7, 11) is 0. The third kappa shape index (κ3) is 3.43. The van der Waals surface area contributed by atoms with Gasteiger partial charge >= 0.3 is 0 Å². The normalized spacial score (nSPS) is 18.5. The van der Waals surface area contributed by atoms with Crippen LogP contribution in [-0.4, -0.2) is 18.4 Å². The summed E-state index contributed by atoms with van der Waals surface area (Å²) in [5, 5.41) is 2.86. The second kappa shape index (κ2) is 5.61. The summed E-state index contributed by atoms with van der Waals surface area (Å²) in [5.74, 6) is 2.62. The minimum Gasteiger partial charge on any atom is -0.326 e. The molecule has 0 spiro atoms. The van der Waals surface area contributed by atoms with Gasteiger partial charge in [0.25, 0.3) is 0 Å². The van der Waals surface area contributed by atoms with Crippen LogP contribution in [0.25, 0.3) is 0 Å². The summed E-state index contributed by atoms with van der Waals surface area (Å²) in [5.41, 5.74) is 1.09.